The molecular weight excluding hydrogens is 370 g/mol. The summed E-state index contributed by atoms with van der Waals surface area (Å²) < 4.78 is 12.6. The first kappa shape index (κ1) is 19.7. The molecule has 4 rings (SSSR count). The predicted octanol–water partition coefficient (Wildman–Crippen LogP) is 2.46. The van der Waals surface area contributed by atoms with Crippen LogP contribution in [0.3, 0.4) is 0 Å². The van der Waals surface area contributed by atoms with Crippen molar-refractivity contribution in [3.63, 3.8) is 0 Å². The van der Waals surface area contributed by atoms with Crippen molar-refractivity contribution in [2.75, 3.05) is 14.2 Å². The molecule has 1 aromatic carbocycles. The summed E-state index contributed by atoms with van der Waals surface area (Å²) in [6.07, 6.45) is 8.09. The maximum absolute atomic E-state index is 12.1. The van der Waals surface area contributed by atoms with Gasteiger partial charge in [0, 0.05) is 30.3 Å². The second-order valence-corrected chi connectivity index (χ2v) is 7.90. The molecule has 1 heterocycles. The number of carbonyl (C=O) groups is 1. The largest absolute Gasteiger partial charge is 0.497 e. The molecule has 1 amide bonds. The average Bonchev–Trinajstić information content (AvgIpc) is 3.43. The number of amides is 1. The Morgan fingerprint density at radius 2 is 1.86 bits per heavy atom. The Bertz CT molecular complexity index is 841. The standard InChI is InChI=1S/C21H29N5O3/c1-28-18-10-3-14(20(11-18)29-2)12-22-15-6-8-17(9-7-15)26-13-19(24-25-26)21(27)23-16-4-5-16/h3,10-11,13,15-17,22H,4-9,12H2,1-2H3,(H,23,27). The van der Waals surface area contributed by atoms with E-state index < -0.39 is 0 Å². The Morgan fingerprint density at radius 3 is 2.55 bits per heavy atom. The van der Waals surface area contributed by atoms with E-state index in [1.807, 2.05) is 22.9 Å². The van der Waals surface area contributed by atoms with E-state index in [0.29, 0.717) is 23.8 Å². The number of aromatic nitrogens is 3. The molecule has 29 heavy (non-hydrogen) atoms. The van der Waals surface area contributed by atoms with Crippen molar-refractivity contribution in [2.24, 2.45) is 0 Å². The molecule has 0 spiro atoms. The molecule has 2 N–H and O–H groups in total. The number of nitrogens with one attached hydrogen (secondary N) is 2. The number of benzene rings is 1. The summed E-state index contributed by atoms with van der Waals surface area (Å²) in [5.41, 5.74) is 1.54. The van der Waals surface area contributed by atoms with Crippen LogP contribution in [0.15, 0.2) is 24.4 Å². The van der Waals surface area contributed by atoms with Crippen molar-refractivity contribution in [2.45, 2.75) is 63.2 Å². The molecule has 2 saturated carbocycles. The van der Waals surface area contributed by atoms with Gasteiger partial charge >= 0.3 is 0 Å². The number of nitrogens with zero attached hydrogens (tertiary/aromatic N) is 3. The van der Waals surface area contributed by atoms with Crippen LogP contribution in [0.25, 0.3) is 0 Å². The second-order valence-electron chi connectivity index (χ2n) is 7.90. The van der Waals surface area contributed by atoms with Gasteiger partial charge in [-0.3, -0.25) is 4.79 Å². The number of rotatable bonds is 8. The maximum Gasteiger partial charge on any atom is 0.273 e. The van der Waals surface area contributed by atoms with Gasteiger partial charge in [-0.1, -0.05) is 11.3 Å². The molecule has 0 aliphatic heterocycles. The van der Waals surface area contributed by atoms with Crippen LogP contribution in [0, 0.1) is 0 Å². The van der Waals surface area contributed by atoms with E-state index in [0.717, 1.165) is 62.1 Å². The first-order valence-electron chi connectivity index (χ1n) is 10.3. The van der Waals surface area contributed by atoms with Gasteiger partial charge in [0.2, 0.25) is 0 Å². The van der Waals surface area contributed by atoms with Crippen molar-refractivity contribution in [1.82, 2.24) is 25.6 Å². The van der Waals surface area contributed by atoms with E-state index in [4.69, 9.17) is 9.47 Å². The van der Waals surface area contributed by atoms with E-state index in [1.165, 1.54) is 0 Å². The van der Waals surface area contributed by atoms with E-state index >= 15 is 0 Å². The second kappa shape index (κ2) is 8.82. The van der Waals surface area contributed by atoms with Gasteiger partial charge in [-0.15, -0.1) is 5.10 Å². The molecule has 2 aliphatic carbocycles. The van der Waals surface area contributed by atoms with Crippen LogP contribution in [-0.4, -0.2) is 47.2 Å². The summed E-state index contributed by atoms with van der Waals surface area (Å²) in [5, 5.41) is 14.9. The third kappa shape index (κ3) is 4.87. The average molecular weight is 399 g/mol. The topological polar surface area (TPSA) is 90.3 Å². The van der Waals surface area contributed by atoms with Crippen LogP contribution in [0.1, 0.15) is 60.6 Å². The molecule has 2 fully saturated rings. The lowest BCUT2D eigenvalue weighted by molar-refractivity contribution is 0.0946. The highest BCUT2D eigenvalue weighted by molar-refractivity contribution is 5.92. The zero-order valence-corrected chi connectivity index (χ0v) is 17.1. The minimum Gasteiger partial charge on any atom is -0.497 e. The van der Waals surface area contributed by atoms with Gasteiger partial charge in [-0.05, 0) is 44.6 Å². The fraction of sp³-hybridized carbons (Fsp3) is 0.571. The summed E-state index contributed by atoms with van der Waals surface area (Å²) in [6, 6.07) is 7.00. The highest BCUT2D eigenvalue weighted by atomic mass is 16.5. The molecule has 0 atom stereocenters. The smallest absolute Gasteiger partial charge is 0.273 e. The lowest BCUT2D eigenvalue weighted by atomic mass is 9.91. The Morgan fingerprint density at radius 1 is 1.10 bits per heavy atom. The lowest BCUT2D eigenvalue weighted by Gasteiger charge is -2.29. The molecule has 1 aromatic heterocycles. The summed E-state index contributed by atoms with van der Waals surface area (Å²) in [7, 11) is 3.34. The van der Waals surface area contributed by atoms with Crippen LogP contribution in [0.4, 0.5) is 0 Å². The highest BCUT2D eigenvalue weighted by Crippen LogP contribution is 2.29. The lowest BCUT2D eigenvalue weighted by Crippen LogP contribution is -2.33. The van der Waals surface area contributed by atoms with Crippen LogP contribution in [0.2, 0.25) is 0 Å². The fourth-order valence-corrected chi connectivity index (χ4v) is 3.84. The molecule has 0 radical (unpaired) electrons. The van der Waals surface area contributed by atoms with Crippen molar-refractivity contribution >= 4 is 5.91 Å². The number of methoxy groups -OCH3 is 2. The number of carbonyl (C=O) groups excluding carboxylic acids is 1. The molecule has 2 aromatic rings. The van der Waals surface area contributed by atoms with Crippen LogP contribution in [-0.2, 0) is 6.54 Å². The Kier molecular flexibility index (Phi) is 5.99. The fourth-order valence-electron chi connectivity index (χ4n) is 3.84. The normalized spacial score (nSPS) is 21.6. The van der Waals surface area contributed by atoms with Crippen LogP contribution >= 0.6 is 0 Å². The summed E-state index contributed by atoms with van der Waals surface area (Å²) >= 11 is 0. The zero-order chi connectivity index (χ0) is 20.2. The van der Waals surface area contributed by atoms with E-state index in [1.54, 1.807) is 20.4 Å². The van der Waals surface area contributed by atoms with Gasteiger partial charge in [0.25, 0.3) is 5.91 Å². The molecule has 156 valence electrons. The summed E-state index contributed by atoms with van der Waals surface area (Å²) in [5.74, 6) is 1.52. The predicted molar refractivity (Wildman–Crippen MR) is 108 cm³/mol. The molecule has 0 unspecified atom stereocenters. The van der Waals surface area contributed by atoms with Crippen molar-refractivity contribution < 1.29 is 14.3 Å². The minimum absolute atomic E-state index is 0.109. The third-order valence-electron chi connectivity index (χ3n) is 5.80. The van der Waals surface area contributed by atoms with Gasteiger partial charge in [-0.2, -0.15) is 0 Å². The van der Waals surface area contributed by atoms with Gasteiger partial charge in [-0.25, -0.2) is 4.68 Å². The zero-order valence-electron chi connectivity index (χ0n) is 17.1. The first-order valence-corrected chi connectivity index (χ1v) is 10.3. The maximum atomic E-state index is 12.1. The van der Waals surface area contributed by atoms with Gasteiger partial charge in [0.05, 0.1) is 26.5 Å². The Balaban J connectivity index is 1.26. The monoisotopic (exact) mass is 399 g/mol. The molecule has 8 nitrogen and oxygen atoms in total. The van der Waals surface area contributed by atoms with E-state index in [2.05, 4.69) is 20.9 Å². The van der Waals surface area contributed by atoms with Crippen molar-refractivity contribution in [1.29, 1.82) is 0 Å². The van der Waals surface area contributed by atoms with Crippen LogP contribution in [0.5, 0.6) is 11.5 Å². The van der Waals surface area contributed by atoms with Gasteiger partial charge < -0.3 is 20.1 Å². The number of hydrogen-bond donors (Lipinski definition) is 2. The molecule has 8 heteroatoms. The number of ether oxygens (including phenoxy) is 2. The molecule has 0 bridgehead atoms. The van der Waals surface area contributed by atoms with Gasteiger partial charge in [0.15, 0.2) is 5.69 Å². The first-order chi connectivity index (χ1) is 14.2. The number of hydrogen-bond acceptors (Lipinski definition) is 6. The van der Waals surface area contributed by atoms with E-state index in [9.17, 15) is 4.79 Å². The molecule has 0 saturated heterocycles. The Labute approximate surface area is 171 Å². The Hall–Kier alpha value is -2.61. The third-order valence-corrected chi connectivity index (χ3v) is 5.80. The minimum atomic E-state index is -0.109. The van der Waals surface area contributed by atoms with Gasteiger partial charge in [0.1, 0.15) is 11.5 Å². The van der Waals surface area contributed by atoms with Crippen molar-refractivity contribution in [3.05, 3.63) is 35.7 Å². The van der Waals surface area contributed by atoms with Crippen molar-refractivity contribution in [3.8, 4) is 11.5 Å². The van der Waals surface area contributed by atoms with E-state index in [-0.39, 0.29) is 5.91 Å². The summed E-state index contributed by atoms with van der Waals surface area (Å²) in [4.78, 5) is 12.1. The highest BCUT2D eigenvalue weighted by Gasteiger charge is 2.27. The van der Waals surface area contributed by atoms with Crippen LogP contribution < -0.4 is 20.1 Å². The molecule has 2 aliphatic rings. The SMILES string of the molecule is COc1ccc(CNC2CCC(n3cc(C(=O)NC4CC4)nn3)CC2)c(OC)c1. The summed E-state index contributed by atoms with van der Waals surface area (Å²) in [6.45, 7) is 0.761. The molecular formula is C21H29N5O3. The quantitative estimate of drug-likeness (QED) is 0.709.